The molecule has 0 fully saturated rings. The maximum Gasteiger partial charge on any atom is 0.387 e. The Bertz CT molecular complexity index is 463. The van der Waals surface area contributed by atoms with E-state index in [2.05, 4.69) is 16.2 Å². The molecule has 1 unspecified atom stereocenters. The number of hydrazine groups is 1. The summed E-state index contributed by atoms with van der Waals surface area (Å²) in [6.45, 7) is -2.81. The van der Waals surface area contributed by atoms with Gasteiger partial charge < -0.3 is 4.74 Å². The van der Waals surface area contributed by atoms with E-state index >= 15 is 0 Å². The van der Waals surface area contributed by atoms with Gasteiger partial charge in [0.05, 0.1) is 6.04 Å². The van der Waals surface area contributed by atoms with Gasteiger partial charge >= 0.3 is 6.61 Å². The summed E-state index contributed by atoms with van der Waals surface area (Å²) in [5, 5.41) is 0. The zero-order valence-electron chi connectivity index (χ0n) is 11.3. The summed E-state index contributed by atoms with van der Waals surface area (Å²) < 4.78 is 29.0. The van der Waals surface area contributed by atoms with Crippen LogP contribution in [-0.4, -0.2) is 6.61 Å². The molecule has 0 heterocycles. The molecule has 1 aliphatic rings. The summed E-state index contributed by atoms with van der Waals surface area (Å²) >= 11 is 0. The molecule has 20 heavy (non-hydrogen) atoms. The first kappa shape index (κ1) is 14.9. The molecule has 1 atom stereocenters. The summed E-state index contributed by atoms with van der Waals surface area (Å²) in [7, 11) is 0. The standard InChI is InChI=1S/C15H20F2N2O/c16-15(17)20-13-9-5-8-12(10-13)14(19-18)11-6-3-1-2-4-7-11/h5-6,8-10,14-15,19H,1-4,7,18H2. The predicted octanol–water partition coefficient (Wildman–Crippen LogP) is 3.68. The maximum atomic E-state index is 12.3. The van der Waals surface area contributed by atoms with Gasteiger partial charge in [0.1, 0.15) is 5.75 Å². The Morgan fingerprint density at radius 3 is 2.80 bits per heavy atom. The van der Waals surface area contributed by atoms with E-state index in [4.69, 9.17) is 5.84 Å². The summed E-state index contributed by atoms with van der Waals surface area (Å²) in [5.74, 6) is 5.82. The first-order valence-electron chi connectivity index (χ1n) is 6.90. The van der Waals surface area contributed by atoms with Crippen LogP contribution in [0.25, 0.3) is 0 Å². The normalized spacial score (nSPS) is 17.5. The highest BCUT2D eigenvalue weighted by atomic mass is 19.3. The Hall–Kier alpha value is -1.46. The van der Waals surface area contributed by atoms with Gasteiger partial charge in [-0.2, -0.15) is 8.78 Å². The number of halogens is 2. The largest absolute Gasteiger partial charge is 0.435 e. The van der Waals surface area contributed by atoms with Crippen LogP contribution in [0.1, 0.15) is 43.7 Å². The number of hydrogen-bond acceptors (Lipinski definition) is 3. The fourth-order valence-corrected chi connectivity index (χ4v) is 2.59. The number of ether oxygens (including phenoxy) is 1. The Labute approximate surface area is 117 Å². The van der Waals surface area contributed by atoms with Gasteiger partial charge in [0.15, 0.2) is 0 Å². The number of rotatable bonds is 5. The third-order valence-electron chi connectivity index (χ3n) is 3.53. The van der Waals surface area contributed by atoms with Crippen molar-refractivity contribution in [3.63, 3.8) is 0 Å². The number of alkyl halides is 2. The number of hydrogen-bond donors (Lipinski definition) is 2. The monoisotopic (exact) mass is 282 g/mol. The highest BCUT2D eigenvalue weighted by Crippen LogP contribution is 2.30. The number of nitrogens with two attached hydrogens (primary N) is 1. The van der Waals surface area contributed by atoms with E-state index in [1.807, 2.05) is 6.07 Å². The molecule has 5 heteroatoms. The average Bonchev–Trinajstić information content (AvgIpc) is 2.68. The fraction of sp³-hybridized carbons (Fsp3) is 0.467. The van der Waals surface area contributed by atoms with Crippen LogP contribution in [0, 0.1) is 0 Å². The van der Waals surface area contributed by atoms with Crippen LogP contribution < -0.4 is 16.0 Å². The molecular weight excluding hydrogens is 262 g/mol. The Morgan fingerprint density at radius 1 is 1.20 bits per heavy atom. The van der Waals surface area contributed by atoms with Crippen molar-refractivity contribution in [1.29, 1.82) is 0 Å². The van der Waals surface area contributed by atoms with Gasteiger partial charge in [-0.1, -0.05) is 30.2 Å². The summed E-state index contributed by atoms with van der Waals surface area (Å²) in [5.41, 5.74) is 4.85. The van der Waals surface area contributed by atoms with E-state index in [-0.39, 0.29) is 11.8 Å². The van der Waals surface area contributed by atoms with Crippen LogP contribution in [0.3, 0.4) is 0 Å². The zero-order chi connectivity index (χ0) is 14.4. The quantitative estimate of drug-likeness (QED) is 0.492. The van der Waals surface area contributed by atoms with Gasteiger partial charge in [-0.3, -0.25) is 5.84 Å². The second kappa shape index (κ2) is 7.36. The van der Waals surface area contributed by atoms with Gasteiger partial charge in [-0.05, 0) is 43.4 Å². The van der Waals surface area contributed by atoms with Crippen molar-refractivity contribution in [1.82, 2.24) is 5.43 Å². The molecule has 0 bridgehead atoms. The van der Waals surface area contributed by atoms with E-state index in [9.17, 15) is 8.78 Å². The number of nitrogens with one attached hydrogen (secondary N) is 1. The second-order valence-electron chi connectivity index (χ2n) is 4.93. The van der Waals surface area contributed by atoms with E-state index < -0.39 is 6.61 Å². The van der Waals surface area contributed by atoms with Crippen molar-refractivity contribution in [2.75, 3.05) is 0 Å². The van der Waals surface area contributed by atoms with Crippen molar-refractivity contribution < 1.29 is 13.5 Å². The first-order valence-corrected chi connectivity index (χ1v) is 6.90. The van der Waals surface area contributed by atoms with Crippen molar-refractivity contribution in [2.45, 2.75) is 44.8 Å². The topological polar surface area (TPSA) is 47.3 Å². The van der Waals surface area contributed by atoms with E-state index in [1.165, 1.54) is 24.5 Å². The highest BCUT2D eigenvalue weighted by molar-refractivity contribution is 5.35. The van der Waals surface area contributed by atoms with Gasteiger partial charge in [-0.25, -0.2) is 5.43 Å². The van der Waals surface area contributed by atoms with Gasteiger partial charge in [0.25, 0.3) is 0 Å². The minimum Gasteiger partial charge on any atom is -0.435 e. The third kappa shape index (κ3) is 4.02. The van der Waals surface area contributed by atoms with Crippen molar-refractivity contribution in [3.05, 3.63) is 41.5 Å². The summed E-state index contributed by atoms with van der Waals surface area (Å²) in [4.78, 5) is 0. The summed E-state index contributed by atoms with van der Waals surface area (Å²) in [6.07, 6.45) is 7.77. The zero-order valence-corrected chi connectivity index (χ0v) is 11.3. The lowest BCUT2D eigenvalue weighted by molar-refractivity contribution is -0.0498. The molecule has 0 aliphatic heterocycles. The molecule has 110 valence electrons. The lowest BCUT2D eigenvalue weighted by Crippen LogP contribution is -2.29. The number of allylic oxidation sites excluding steroid dienone is 1. The maximum absolute atomic E-state index is 12.3. The van der Waals surface area contributed by atoms with Gasteiger partial charge in [0, 0.05) is 0 Å². The Balaban J connectivity index is 2.20. The molecule has 0 radical (unpaired) electrons. The van der Waals surface area contributed by atoms with Crippen molar-refractivity contribution in [2.24, 2.45) is 5.84 Å². The Morgan fingerprint density at radius 2 is 2.05 bits per heavy atom. The van der Waals surface area contributed by atoms with Crippen molar-refractivity contribution >= 4 is 0 Å². The lowest BCUT2D eigenvalue weighted by atomic mass is 9.95. The van der Waals surface area contributed by atoms with Crippen LogP contribution in [0.5, 0.6) is 5.75 Å². The first-order chi connectivity index (χ1) is 9.70. The van der Waals surface area contributed by atoms with Gasteiger partial charge in [-0.15, -0.1) is 0 Å². The lowest BCUT2D eigenvalue weighted by Gasteiger charge is -2.20. The van der Waals surface area contributed by atoms with Gasteiger partial charge in [0.2, 0.25) is 0 Å². The fourth-order valence-electron chi connectivity index (χ4n) is 2.59. The van der Waals surface area contributed by atoms with E-state index in [0.29, 0.717) is 0 Å². The molecule has 3 nitrogen and oxygen atoms in total. The molecule has 0 aromatic heterocycles. The van der Waals surface area contributed by atoms with Crippen LogP contribution in [0.15, 0.2) is 35.9 Å². The second-order valence-corrected chi connectivity index (χ2v) is 4.93. The molecule has 1 aromatic rings. The molecular formula is C15H20F2N2O. The summed E-state index contributed by atoms with van der Waals surface area (Å²) in [6, 6.07) is 6.56. The predicted molar refractivity (Wildman–Crippen MR) is 74.3 cm³/mol. The molecule has 0 saturated carbocycles. The van der Waals surface area contributed by atoms with E-state index in [0.717, 1.165) is 24.8 Å². The smallest absolute Gasteiger partial charge is 0.387 e. The molecule has 3 N–H and O–H groups in total. The molecule has 2 rings (SSSR count). The van der Waals surface area contributed by atoms with Crippen LogP contribution >= 0.6 is 0 Å². The minimum absolute atomic E-state index is 0.144. The average molecular weight is 282 g/mol. The van der Waals surface area contributed by atoms with E-state index in [1.54, 1.807) is 12.1 Å². The SMILES string of the molecule is NNC(C1=CCCCCC1)c1cccc(OC(F)F)c1. The minimum atomic E-state index is -2.81. The Kier molecular flexibility index (Phi) is 5.49. The molecule has 0 spiro atoms. The van der Waals surface area contributed by atoms with Crippen LogP contribution in [0.2, 0.25) is 0 Å². The molecule has 1 aromatic carbocycles. The van der Waals surface area contributed by atoms with Crippen LogP contribution in [-0.2, 0) is 0 Å². The van der Waals surface area contributed by atoms with Crippen LogP contribution in [0.4, 0.5) is 8.78 Å². The molecule has 0 saturated heterocycles. The van der Waals surface area contributed by atoms with Crippen molar-refractivity contribution in [3.8, 4) is 5.75 Å². The molecule has 1 aliphatic carbocycles. The third-order valence-corrected chi connectivity index (χ3v) is 3.53. The molecule has 0 amide bonds. The highest BCUT2D eigenvalue weighted by Gasteiger charge is 2.17. The number of benzene rings is 1.